The van der Waals surface area contributed by atoms with Crippen LogP contribution >= 0.6 is 47.6 Å². The number of halogens is 1. The molecule has 0 bridgehead atoms. The first-order valence-corrected chi connectivity index (χ1v) is 40.0. The summed E-state index contributed by atoms with van der Waals surface area (Å²) in [6.45, 7) is 5.53. The Balaban J connectivity index is 0.000000135. The molecule has 12 heteroatoms. The third-order valence-corrected chi connectivity index (χ3v) is 26.5. The number of benzene rings is 12. The largest absolute Gasteiger partial charge is 0.478 e. The number of hydrogen-bond acceptors (Lipinski definition) is 5. The molecule has 15 aromatic rings. The summed E-state index contributed by atoms with van der Waals surface area (Å²) in [7, 11) is -1.78. The zero-order valence-electron chi connectivity index (χ0n) is 57.9. The van der Waals surface area contributed by atoms with Crippen molar-refractivity contribution < 1.29 is 19.8 Å². The topological polar surface area (TPSA) is 113 Å². The molecule has 0 amide bonds. The average Bonchev–Trinajstić information content (AvgIpc) is 0.842. The highest BCUT2D eigenvalue weighted by molar-refractivity contribution is 9.10. The van der Waals surface area contributed by atoms with E-state index in [1.807, 2.05) is 32.0 Å². The first-order chi connectivity index (χ1) is 51.0. The molecule has 104 heavy (non-hydrogen) atoms. The highest BCUT2D eigenvalue weighted by atomic mass is 79.9. The van der Waals surface area contributed by atoms with Crippen molar-refractivity contribution in [2.75, 3.05) is 0 Å². The van der Waals surface area contributed by atoms with E-state index >= 15 is 0 Å². The molecule has 12 aromatic carbocycles. The summed E-state index contributed by atoms with van der Waals surface area (Å²) in [5.74, 6) is -1.92. The van der Waals surface area contributed by atoms with Crippen molar-refractivity contribution >= 4 is 123 Å². The van der Waals surface area contributed by atoms with Gasteiger partial charge in [-0.1, -0.05) is 370 Å². The fraction of sp³-hybridized carbons (Fsp3) is 0.0326. The van der Waals surface area contributed by atoms with Gasteiger partial charge in [-0.05, 0) is 167 Å². The van der Waals surface area contributed by atoms with Crippen LogP contribution in [0.4, 0.5) is 0 Å². The van der Waals surface area contributed by atoms with E-state index in [9.17, 15) is 9.59 Å². The molecule has 0 aliphatic rings. The quantitative estimate of drug-likeness (QED) is 0.0776. The lowest BCUT2D eigenvalue weighted by Crippen LogP contribution is -2.20. The first-order valence-electron chi connectivity index (χ1n) is 33.8. The van der Waals surface area contributed by atoms with Crippen LogP contribution in [0, 0.1) is 20.8 Å². The van der Waals surface area contributed by atoms with Gasteiger partial charge in [-0.2, -0.15) is 0 Å². The molecule has 0 spiro atoms. The van der Waals surface area contributed by atoms with Crippen LogP contribution in [0.1, 0.15) is 37.5 Å². The van der Waals surface area contributed by atoms with Gasteiger partial charge in [0.2, 0.25) is 0 Å². The van der Waals surface area contributed by atoms with Gasteiger partial charge in [-0.15, -0.1) is 0 Å². The molecule has 512 valence electrons. The van der Waals surface area contributed by atoms with Gasteiger partial charge in [0.1, 0.15) is 4.60 Å². The van der Waals surface area contributed by atoms with Gasteiger partial charge < -0.3 is 10.2 Å². The summed E-state index contributed by atoms with van der Waals surface area (Å²) in [5, 5.41) is 34.2. The number of carbonyl (C=O) groups is 2. The van der Waals surface area contributed by atoms with Gasteiger partial charge in [0.15, 0.2) is 0 Å². The summed E-state index contributed by atoms with van der Waals surface area (Å²) in [6.07, 6.45) is 2.67. The molecule has 0 saturated carbocycles. The molecule has 2 N–H and O–H groups in total. The van der Waals surface area contributed by atoms with Crippen molar-refractivity contribution in [1.29, 1.82) is 0 Å². The summed E-state index contributed by atoms with van der Waals surface area (Å²) in [4.78, 5) is 33.6. The number of nitrogens with zero attached hydrogens (tertiary/aromatic N) is 3. The van der Waals surface area contributed by atoms with Gasteiger partial charge in [0.25, 0.3) is 0 Å². The van der Waals surface area contributed by atoms with Gasteiger partial charge in [-0.3, -0.25) is 9.97 Å². The fourth-order valence-electron chi connectivity index (χ4n) is 11.0. The third kappa shape index (κ3) is 22.6. The van der Waals surface area contributed by atoms with Crippen molar-refractivity contribution in [1.82, 2.24) is 15.0 Å². The zero-order valence-corrected chi connectivity index (χ0v) is 63.1. The molecular formula is C92H78BrN3O4P4. The second-order valence-corrected chi connectivity index (χ2v) is 33.0. The predicted octanol–water partition coefficient (Wildman–Crippen LogP) is 18.1. The van der Waals surface area contributed by atoms with E-state index in [0.29, 0.717) is 4.60 Å². The second-order valence-electron chi connectivity index (χ2n) is 23.4. The Labute approximate surface area is 625 Å². The molecule has 0 saturated heterocycles. The number of pyridine rings is 3. The number of carboxylic acids is 2. The van der Waals surface area contributed by atoms with E-state index in [1.165, 1.54) is 76.0 Å². The van der Waals surface area contributed by atoms with Gasteiger partial charge in [0, 0.05) is 18.1 Å². The summed E-state index contributed by atoms with van der Waals surface area (Å²) < 4.78 is 0.683. The van der Waals surface area contributed by atoms with Crippen molar-refractivity contribution in [3.8, 4) is 11.4 Å². The summed E-state index contributed by atoms with van der Waals surface area (Å²) in [6, 6.07) is 138. The maximum atomic E-state index is 10.8. The van der Waals surface area contributed by atoms with Gasteiger partial charge >= 0.3 is 11.9 Å². The Morgan fingerprint density at radius 3 is 0.654 bits per heavy atom. The number of rotatable bonds is 15. The zero-order chi connectivity index (χ0) is 72.5. The van der Waals surface area contributed by atoms with Crippen LogP contribution in [0.3, 0.4) is 0 Å². The number of carboxylic acid groups (broad SMARTS) is 2. The molecule has 7 nitrogen and oxygen atoms in total. The molecule has 0 atom stereocenters. The lowest BCUT2D eigenvalue weighted by molar-refractivity contribution is 0.0685. The SMILES string of the molecule is Cc1cc(C(=O)O)cnc1Br.Cc1cccc(-c2ncc(C(=O)O)cc2C)n1.c1ccc(P(c2ccccc2)c2ccccc2)cc1.c1ccc(P(c2ccccc2)c2ccccc2)cc1.c1ccc(P(c2ccccc2)c2ccccc2)cc1.c1ccc(P(c2ccccc2)c2ccccc2)cc1. The Bertz CT molecular complexity index is 4150. The molecular weight excluding hydrogens is 1410 g/mol. The minimum Gasteiger partial charge on any atom is -0.478 e. The number of aromatic nitrogens is 3. The fourth-order valence-corrected chi connectivity index (χ4v) is 20.5. The molecule has 3 heterocycles. The van der Waals surface area contributed by atoms with Crippen molar-refractivity contribution in [2.24, 2.45) is 0 Å². The van der Waals surface area contributed by atoms with Crippen molar-refractivity contribution in [3.63, 3.8) is 0 Å². The standard InChI is InChI=1S/4C18H15P.C13H12N2O2.C7H6BrNO2/c4*1-4-10-16(11-5-1)19(17-12-6-2-7-13-17)18-14-8-3-9-15-18;1-8-6-10(13(16)17)7-14-12(8)11-5-3-4-9(2)15-11;1-4-2-5(7(10)11)3-9-6(4)8/h4*1-15H;3-7H,1-2H3,(H,16,17);2-3H,1H3,(H,10,11). The molecule has 0 unspecified atom stereocenters. The van der Waals surface area contributed by atoms with Crippen LogP contribution in [0.15, 0.2) is 411 Å². The Morgan fingerprint density at radius 2 is 0.471 bits per heavy atom. The molecule has 0 fully saturated rings. The van der Waals surface area contributed by atoms with Crippen molar-refractivity contribution in [2.45, 2.75) is 20.8 Å². The maximum Gasteiger partial charge on any atom is 0.337 e. The molecule has 3 aromatic heterocycles. The lowest BCUT2D eigenvalue weighted by atomic mass is 10.1. The van der Waals surface area contributed by atoms with E-state index in [-0.39, 0.29) is 11.1 Å². The third-order valence-electron chi connectivity index (χ3n) is 15.9. The minimum absolute atomic E-state index is 0.193. The van der Waals surface area contributed by atoms with Crippen LogP contribution in [0.2, 0.25) is 0 Å². The van der Waals surface area contributed by atoms with E-state index in [0.717, 1.165) is 28.2 Å². The lowest BCUT2D eigenvalue weighted by Gasteiger charge is -2.18. The monoisotopic (exact) mass is 1490 g/mol. The van der Waals surface area contributed by atoms with E-state index in [4.69, 9.17) is 10.2 Å². The molecule has 0 radical (unpaired) electrons. The Kier molecular flexibility index (Phi) is 29.7. The van der Waals surface area contributed by atoms with E-state index < -0.39 is 43.6 Å². The summed E-state index contributed by atoms with van der Waals surface area (Å²) in [5.41, 5.74) is 4.43. The van der Waals surface area contributed by atoms with Crippen LogP contribution in [0.25, 0.3) is 11.4 Å². The number of aromatic carboxylic acids is 2. The van der Waals surface area contributed by atoms with E-state index in [2.05, 4.69) is 395 Å². The van der Waals surface area contributed by atoms with Gasteiger partial charge in [0.05, 0.1) is 22.5 Å². The van der Waals surface area contributed by atoms with Crippen molar-refractivity contribution in [3.05, 3.63) is 439 Å². The highest BCUT2D eigenvalue weighted by Crippen LogP contribution is 2.36. The molecule has 0 aliphatic heterocycles. The maximum absolute atomic E-state index is 10.8. The molecule has 0 aliphatic carbocycles. The normalized spacial score (nSPS) is 10.4. The smallest absolute Gasteiger partial charge is 0.337 e. The number of aryl methyl sites for hydroxylation is 3. The van der Waals surface area contributed by atoms with E-state index in [1.54, 1.807) is 19.1 Å². The minimum atomic E-state index is -0.968. The van der Waals surface area contributed by atoms with Crippen LogP contribution in [0.5, 0.6) is 0 Å². The second kappa shape index (κ2) is 40.8. The molecule has 15 rings (SSSR count). The Morgan fingerprint density at radius 1 is 0.269 bits per heavy atom. The highest BCUT2D eigenvalue weighted by Gasteiger charge is 2.19. The van der Waals surface area contributed by atoms with Crippen LogP contribution < -0.4 is 63.7 Å². The Hall–Kier alpha value is -10.8. The summed E-state index contributed by atoms with van der Waals surface area (Å²) >= 11 is 3.17. The predicted molar refractivity (Wildman–Crippen MR) is 448 cm³/mol. The van der Waals surface area contributed by atoms with Gasteiger partial charge in [-0.25, -0.2) is 14.6 Å². The average molecular weight is 1490 g/mol. The first kappa shape index (κ1) is 75.9. The van der Waals surface area contributed by atoms with Crippen LogP contribution in [-0.4, -0.2) is 37.1 Å². The van der Waals surface area contributed by atoms with Crippen LogP contribution in [-0.2, 0) is 0 Å². The number of hydrogen-bond donors (Lipinski definition) is 2.